The summed E-state index contributed by atoms with van der Waals surface area (Å²) < 4.78 is 5.13. The van der Waals surface area contributed by atoms with Gasteiger partial charge in [0.1, 0.15) is 0 Å². The quantitative estimate of drug-likeness (QED) is 0.788. The molecule has 0 radical (unpaired) electrons. The molecule has 2 rings (SSSR count). The minimum Gasteiger partial charge on any atom is -0.391 e. The van der Waals surface area contributed by atoms with Crippen molar-refractivity contribution in [3.63, 3.8) is 0 Å². The van der Waals surface area contributed by atoms with Crippen LogP contribution in [0.2, 0.25) is 0 Å². The molecule has 102 valence electrons. The molecule has 1 aromatic rings. The number of hydrogen-bond acceptors (Lipinski definition) is 5. The second-order valence-electron chi connectivity index (χ2n) is 4.85. The zero-order valence-corrected chi connectivity index (χ0v) is 12.0. The summed E-state index contributed by atoms with van der Waals surface area (Å²) in [4.78, 5) is 7.93. The first-order chi connectivity index (χ1) is 8.78. The highest BCUT2D eigenvalue weighted by atomic mass is 32.1. The average Bonchev–Trinajstić information content (AvgIpc) is 3.09. The van der Waals surface area contributed by atoms with Crippen molar-refractivity contribution < 1.29 is 9.84 Å². The maximum Gasteiger partial charge on any atom is 0.185 e. The number of nitrogens with zero attached hydrogens (tertiary/aromatic N) is 2. The second-order valence-corrected chi connectivity index (χ2v) is 5.91. The van der Waals surface area contributed by atoms with Crippen molar-refractivity contribution in [3.8, 4) is 0 Å². The number of methoxy groups -OCH3 is 1. The molecule has 0 atom stereocenters. The van der Waals surface area contributed by atoms with Crippen LogP contribution in [0.4, 0.5) is 5.13 Å². The maximum atomic E-state index is 9.36. The van der Waals surface area contributed by atoms with Crippen LogP contribution in [-0.2, 0) is 18.0 Å². The largest absolute Gasteiger partial charge is 0.391 e. The number of ether oxygens (including phenoxy) is 1. The standard InChI is InChI=1S/C13H22N2O2S/c1-3-6-15(7-10-4-5-10)13-14-11(9-17-2)12(8-16)18-13/h10,16H,3-9H2,1-2H3. The van der Waals surface area contributed by atoms with E-state index in [-0.39, 0.29) is 6.61 Å². The van der Waals surface area contributed by atoms with Crippen LogP contribution < -0.4 is 4.90 Å². The zero-order chi connectivity index (χ0) is 13.0. The van der Waals surface area contributed by atoms with Gasteiger partial charge >= 0.3 is 0 Å². The van der Waals surface area contributed by atoms with Gasteiger partial charge in [-0.15, -0.1) is 0 Å². The Kier molecular flexibility index (Phi) is 4.97. The van der Waals surface area contributed by atoms with Gasteiger partial charge in [-0.3, -0.25) is 0 Å². The molecular formula is C13H22N2O2S. The van der Waals surface area contributed by atoms with Crippen molar-refractivity contribution in [2.75, 3.05) is 25.1 Å². The Balaban J connectivity index is 2.11. The van der Waals surface area contributed by atoms with Gasteiger partial charge in [-0.1, -0.05) is 18.3 Å². The molecule has 18 heavy (non-hydrogen) atoms. The molecular weight excluding hydrogens is 248 g/mol. The third-order valence-corrected chi connectivity index (χ3v) is 4.27. The molecule has 0 amide bonds. The van der Waals surface area contributed by atoms with Gasteiger partial charge < -0.3 is 14.7 Å². The lowest BCUT2D eigenvalue weighted by Gasteiger charge is -2.20. The summed E-state index contributed by atoms with van der Waals surface area (Å²) in [7, 11) is 1.66. The fraction of sp³-hybridized carbons (Fsp3) is 0.769. The van der Waals surface area contributed by atoms with Gasteiger partial charge in [0.2, 0.25) is 0 Å². The first-order valence-corrected chi connectivity index (χ1v) is 7.43. The molecule has 1 aromatic heterocycles. The molecule has 1 aliphatic rings. The summed E-state index contributed by atoms with van der Waals surface area (Å²) in [6, 6.07) is 0. The first kappa shape index (κ1) is 13.8. The lowest BCUT2D eigenvalue weighted by molar-refractivity contribution is 0.179. The topological polar surface area (TPSA) is 45.6 Å². The van der Waals surface area contributed by atoms with Gasteiger partial charge in [-0.2, -0.15) is 0 Å². The predicted octanol–water partition coefficient (Wildman–Crippen LogP) is 2.41. The van der Waals surface area contributed by atoms with Crippen LogP contribution in [0.1, 0.15) is 36.8 Å². The summed E-state index contributed by atoms with van der Waals surface area (Å²) in [5.41, 5.74) is 0.886. The number of rotatable bonds is 8. The van der Waals surface area contributed by atoms with Crippen molar-refractivity contribution in [2.24, 2.45) is 5.92 Å². The number of thiazole rings is 1. The van der Waals surface area contributed by atoms with Crippen molar-refractivity contribution in [2.45, 2.75) is 39.4 Å². The van der Waals surface area contributed by atoms with Gasteiger partial charge in [-0.25, -0.2) is 4.98 Å². The molecule has 1 heterocycles. The highest BCUT2D eigenvalue weighted by molar-refractivity contribution is 7.15. The molecule has 0 spiro atoms. The Morgan fingerprint density at radius 2 is 2.28 bits per heavy atom. The molecule has 1 saturated carbocycles. The van der Waals surface area contributed by atoms with Crippen LogP contribution in [0.3, 0.4) is 0 Å². The number of hydrogen-bond donors (Lipinski definition) is 1. The van der Waals surface area contributed by atoms with Crippen LogP contribution in [-0.4, -0.2) is 30.3 Å². The first-order valence-electron chi connectivity index (χ1n) is 6.61. The van der Waals surface area contributed by atoms with Crippen LogP contribution in [0.15, 0.2) is 0 Å². The smallest absolute Gasteiger partial charge is 0.185 e. The molecule has 0 unspecified atom stereocenters. The summed E-state index contributed by atoms with van der Waals surface area (Å²) in [5.74, 6) is 0.851. The molecule has 1 fully saturated rings. The molecule has 1 aliphatic carbocycles. The maximum absolute atomic E-state index is 9.36. The van der Waals surface area contributed by atoms with Crippen LogP contribution in [0.5, 0.6) is 0 Å². The fourth-order valence-electron chi connectivity index (χ4n) is 2.03. The van der Waals surface area contributed by atoms with E-state index in [0.29, 0.717) is 6.61 Å². The van der Waals surface area contributed by atoms with E-state index in [9.17, 15) is 5.11 Å². The molecule has 0 aliphatic heterocycles. The molecule has 0 aromatic carbocycles. The van der Waals surface area contributed by atoms with E-state index in [1.165, 1.54) is 12.8 Å². The summed E-state index contributed by atoms with van der Waals surface area (Å²) in [6.45, 7) is 4.88. The molecule has 0 saturated heterocycles. The highest BCUT2D eigenvalue weighted by Gasteiger charge is 2.26. The normalized spacial score (nSPS) is 15.1. The van der Waals surface area contributed by atoms with Gasteiger partial charge in [-0.05, 0) is 25.2 Å². The molecule has 0 bridgehead atoms. The average molecular weight is 270 g/mol. The number of anilines is 1. The summed E-state index contributed by atoms with van der Waals surface area (Å²) >= 11 is 1.60. The Labute approximate surface area is 113 Å². The van der Waals surface area contributed by atoms with E-state index in [4.69, 9.17) is 4.74 Å². The number of aliphatic hydroxyl groups excluding tert-OH is 1. The minimum absolute atomic E-state index is 0.0553. The predicted molar refractivity (Wildman–Crippen MR) is 74.0 cm³/mol. The van der Waals surface area contributed by atoms with Gasteiger partial charge in [0.15, 0.2) is 5.13 Å². The van der Waals surface area contributed by atoms with Crippen molar-refractivity contribution in [1.82, 2.24) is 4.98 Å². The molecule has 1 N–H and O–H groups in total. The number of aliphatic hydroxyl groups is 1. The monoisotopic (exact) mass is 270 g/mol. The Morgan fingerprint density at radius 3 is 2.83 bits per heavy atom. The van der Waals surface area contributed by atoms with Crippen LogP contribution in [0, 0.1) is 5.92 Å². The van der Waals surface area contributed by atoms with Crippen molar-refractivity contribution in [3.05, 3.63) is 10.6 Å². The summed E-state index contributed by atoms with van der Waals surface area (Å²) in [6.07, 6.45) is 3.83. The van der Waals surface area contributed by atoms with E-state index in [1.54, 1.807) is 18.4 Å². The molecule has 5 heteroatoms. The van der Waals surface area contributed by atoms with E-state index in [2.05, 4.69) is 16.8 Å². The second kappa shape index (κ2) is 6.50. The molecule has 4 nitrogen and oxygen atoms in total. The zero-order valence-electron chi connectivity index (χ0n) is 11.2. The Morgan fingerprint density at radius 1 is 1.50 bits per heavy atom. The van der Waals surface area contributed by atoms with E-state index in [0.717, 1.165) is 41.1 Å². The third-order valence-electron chi connectivity index (χ3n) is 3.13. The summed E-state index contributed by atoms with van der Waals surface area (Å²) in [5, 5.41) is 10.4. The Hall–Kier alpha value is -0.650. The van der Waals surface area contributed by atoms with Crippen LogP contribution >= 0.6 is 11.3 Å². The van der Waals surface area contributed by atoms with Gasteiger partial charge in [0, 0.05) is 20.2 Å². The number of aromatic nitrogens is 1. The third kappa shape index (κ3) is 3.43. The van der Waals surface area contributed by atoms with E-state index >= 15 is 0 Å². The van der Waals surface area contributed by atoms with E-state index in [1.807, 2.05) is 0 Å². The SMILES string of the molecule is CCCN(CC1CC1)c1nc(COC)c(CO)s1. The van der Waals surface area contributed by atoms with Crippen LogP contribution in [0.25, 0.3) is 0 Å². The van der Waals surface area contributed by atoms with Crippen molar-refractivity contribution >= 4 is 16.5 Å². The van der Waals surface area contributed by atoms with Crippen molar-refractivity contribution in [1.29, 1.82) is 0 Å². The lowest BCUT2D eigenvalue weighted by atomic mass is 10.3. The fourth-order valence-corrected chi connectivity index (χ4v) is 2.98. The Bertz CT molecular complexity index is 377. The lowest BCUT2D eigenvalue weighted by Crippen LogP contribution is -2.26. The highest BCUT2D eigenvalue weighted by Crippen LogP contribution is 2.34. The van der Waals surface area contributed by atoms with Gasteiger partial charge in [0.25, 0.3) is 0 Å². The minimum atomic E-state index is 0.0553. The van der Waals surface area contributed by atoms with Gasteiger partial charge in [0.05, 0.1) is 23.8 Å². The van der Waals surface area contributed by atoms with E-state index < -0.39 is 0 Å².